The molecule has 2 aromatic rings. The molecule has 1 N–H and O–H groups in total. The first-order chi connectivity index (χ1) is 12.7. The quantitative estimate of drug-likeness (QED) is 0.492. The minimum absolute atomic E-state index is 0.0999. The van der Waals surface area contributed by atoms with E-state index < -0.39 is 0 Å². The molecule has 1 aliphatic heterocycles. The molecule has 140 valence electrons. The van der Waals surface area contributed by atoms with Crippen molar-refractivity contribution in [3.8, 4) is 0 Å². The Morgan fingerprint density at radius 3 is 2.70 bits per heavy atom. The van der Waals surface area contributed by atoms with Gasteiger partial charge in [0, 0.05) is 26.7 Å². The molecule has 0 radical (unpaired) electrons. The van der Waals surface area contributed by atoms with Gasteiger partial charge in [-0.2, -0.15) is 0 Å². The van der Waals surface area contributed by atoms with Crippen molar-refractivity contribution in [1.29, 1.82) is 0 Å². The Bertz CT molecular complexity index is 971. The predicted octanol–water partition coefficient (Wildman–Crippen LogP) is 7.00. The van der Waals surface area contributed by atoms with Gasteiger partial charge in [-0.25, -0.2) is 0 Å². The third-order valence-corrected chi connectivity index (χ3v) is 6.43. The van der Waals surface area contributed by atoms with Gasteiger partial charge in [-0.3, -0.25) is 9.79 Å². The van der Waals surface area contributed by atoms with Crippen LogP contribution in [0.2, 0.25) is 10.0 Å². The molecule has 2 atom stereocenters. The van der Waals surface area contributed by atoms with Crippen molar-refractivity contribution in [2.24, 2.45) is 16.3 Å². The smallest absolute Gasteiger partial charge is 0.144 e. The number of nitrogens with one attached hydrogen (secondary N) is 1. The summed E-state index contributed by atoms with van der Waals surface area (Å²) in [6, 6.07) is 11.0. The van der Waals surface area contributed by atoms with Crippen LogP contribution in [-0.2, 0) is 4.79 Å². The van der Waals surface area contributed by atoms with Gasteiger partial charge in [-0.05, 0) is 57.6 Å². The number of rotatable bonds is 1. The van der Waals surface area contributed by atoms with E-state index in [1.54, 1.807) is 6.07 Å². The molecule has 0 bridgehead atoms. The van der Waals surface area contributed by atoms with Gasteiger partial charge in [0.15, 0.2) is 0 Å². The highest BCUT2D eigenvalue weighted by atomic mass is 79.9. The SMILES string of the molecule is CC1(C)CC(=O)C2C(=Nc3cccc(Br)c3NC2c2ccc(Cl)cc2Cl)C1. The molecular formula is C21H19BrCl2N2O. The monoisotopic (exact) mass is 464 g/mol. The highest BCUT2D eigenvalue weighted by Gasteiger charge is 2.44. The number of hydrogen-bond acceptors (Lipinski definition) is 3. The van der Waals surface area contributed by atoms with Crippen LogP contribution in [0.5, 0.6) is 0 Å². The van der Waals surface area contributed by atoms with E-state index in [9.17, 15) is 4.79 Å². The molecule has 0 saturated heterocycles. The van der Waals surface area contributed by atoms with E-state index >= 15 is 0 Å². The van der Waals surface area contributed by atoms with Crippen molar-refractivity contribution < 1.29 is 4.79 Å². The van der Waals surface area contributed by atoms with Gasteiger partial charge in [-0.15, -0.1) is 0 Å². The Morgan fingerprint density at radius 2 is 1.96 bits per heavy atom. The average molecular weight is 466 g/mol. The number of fused-ring (bicyclic) bond motifs is 2. The van der Waals surface area contributed by atoms with Crippen LogP contribution in [0.3, 0.4) is 0 Å². The summed E-state index contributed by atoms with van der Waals surface area (Å²) >= 11 is 16.2. The molecule has 0 amide bonds. The van der Waals surface area contributed by atoms with Crippen molar-refractivity contribution in [3.05, 3.63) is 56.5 Å². The zero-order valence-electron chi connectivity index (χ0n) is 15.0. The fraction of sp³-hybridized carbons (Fsp3) is 0.333. The number of para-hydroxylation sites is 1. The number of carbonyl (C=O) groups excluding carboxylic acids is 1. The zero-order chi connectivity index (χ0) is 19.3. The Hall–Kier alpha value is -1.36. The molecule has 1 aliphatic carbocycles. The number of hydrogen-bond donors (Lipinski definition) is 1. The highest BCUT2D eigenvalue weighted by molar-refractivity contribution is 9.10. The third kappa shape index (κ3) is 3.55. The second-order valence-corrected chi connectivity index (χ2v) is 9.68. The van der Waals surface area contributed by atoms with Gasteiger partial charge >= 0.3 is 0 Å². The molecule has 2 aromatic carbocycles. The van der Waals surface area contributed by atoms with Gasteiger partial charge in [0.25, 0.3) is 0 Å². The van der Waals surface area contributed by atoms with E-state index in [4.69, 9.17) is 28.2 Å². The van der Waals surface area contributed by atoms with Crippen LogP contribution in [0.15, 0.2) is 45.9 Å². The van der Waals surface area contributed by atoms with E-state index in [1.807, 2.05) is 30.3 Å². The van der Waals surface area contributed by atoms with E-state index in [2.05, 4.69) is 35.1 Å². The van der Waals surface area contributed by atoms with E-state index in [-0.39, 0.29) is 23.2 Å². The number of carbonyl (C=O) groups is 1. The Kier molecular flexibility index (Phi) is 4.86. The molecule has 27 heavy (non-hydrogen) atoms. The third-order valence-electron chi connectivity index (χ3n) is 5.20. The van der Waals surface area contributed by atoms with E-state index in [0.29, 0.717) is 16.5 Å². The number of benzene rings is 2. The predicted molar refractivity (Wildman–Crippen MR) is 116 cm³/mol. The van der Waals surface area contributed by atoms with Gasteiger partial charge < -0.3 is 5.32 Å². The van der Waals surface area contributed by atoms with Crippen molar-refractivity contribution in [3.63, 3.8) is 0 Å². The lowest BCUT2D eigenvalue weighted by Crippen LogP contribution is -2.42. The van der Waals surface area contributed by atoms with E-state index in [0.717, 1.165) is 33.5 Å². The lowest BCUT2D eigenvalue weighted by Gasteiger charge is -2.37. The molecule has 1 fully saturated rings. The Morgan fingerprint density at radius 1 is 1.19 bits per heavy atom. The second-order valence-electron chi connectivity index (χ2n) is 7.99. The summed E-state index contributed by atoms with van der Waals surface area (Å²) < 4.78 is 0.907. The molecule has 2 aliphatic rings. The Labute approximate surface area is 177 Å². The zero-order valence-corrected chi connectivity index (χ0v) is 18.1. The van der Waals surface area contributed by atoms with Crippen LogP contribution in [0.1, 0.15) is 38.3 Å². The molecule has 1 heterocycles. The van der Waals surface area contributed by atoms with Gasteiger partial charge in [0.1, 0.15) is 5.78 Å². The van der Waals surface area contributed by atoms with Crippen molar-refractivity contribution in [2.45, 2.75) is 32.7 Å². The highest BCUT2D eigenvalue weighted by Crippen LogP contribution is 2.47. The number of nitrogens with zero attached hydrogens (tertiary/aromatic N) is 1. The molecule has 0 spiro atoms. The maximum Gasteiger partial charge on any atom is 0.144 e. The van der Waals surface area contributed by atoms with Crippen LogP contribution in [0.25, 0.3) is 0 Å². The molecule has 4 rings (SSSR count). The number of halogens is 3. The average Bonchev–Trinajstić information content (AvgIpc) is 2.71. The number of aliphatic imine (C=N–C) groups is 1. The van der Waals surface area contributed by atoms with Crippen LogP contribution >= 0.6 is 39.1 Å². The number of anilines is 1. The van der Waals surface area contributed by atoms with Gasteiger partial charge in [0.2, 0.25) is 0 Å². The molecule has 1 saturated carbocycles. The normalized spacial score (nSPS) is 23.6. The van der Waals surface area contributed by atoms with Crippen LogP contribution in [0, 0.1) is 11.3 Å². The minimum Gasteiger partial charge on any atom is -0.374 e. The van der Waals surface area contributed by atoms with Gasteiger partial charge in [-0.1, -0.05) is 49.2 Å². The van der Waals surface area contributed by atoms with Crippen molar-refractivity contribution in [1.82, 2.24) is 0 Å². The summed E-state index contributed by atoms with van der Waals surface area (Å²) in [4.78, 5) is 18.1. The summed E-state index contributed by atoms with van der Waals surface area (Å²) in [5.41, 5.74) is 3.38. The number of ketones is 1. The molecule has 0 aromatic heterocycles. The summed E-state index contributed by atoms with van der Waals surface area (Å²) in [7, 11) is 0. The molecule has 3 nitrogen and oxygen atoms in total. The molecule has 2 unspecified atom stereocenters. The van der Waals surface area contributed by atoms with Crippen LogP contribution in [0.4, 0.5) is 11.4 Å². The summed E-state index contributed by atoms with van der Waals surface area (Å²) in [5, 5.41) is 4.67. The summed E-state index contributed by atoms with van der Waals surface area (Å²) in [6.45, 7) is 4.24. The fourth-order valence-electron chi connectivity index (χ4n) is 4.07. The lowest BCUT2D eigenvalue weighted by molar-refractivity contribution is -0.124. The van der Waals surface area contributed by atoms with Gasteiger partial charge in [0.05, 0.1) is 23.3 Å². The Balaban J connectivity index is 1.92. The summed E-state index contributed by atoms with van der Waals surface area (Å²) in [6.07, 6.45) is 1.30. The minimum atomic E-state index is -0.351. The molecular weight excluding hydrogens is 447 g/mol. The van der Waals surface area contributed by atoms with Crippen molar-refractivity contribution >= 4 is 62.0 Å². The lowest BCUT2D eigenvalue weighted by atomic mass is 9.68. The van der Waals surface area contributed by atoms with Crippen molar-refractivity contribution in [2.75, 3.05) is 5.32 Å². The largest absolute Gasteiger partial charge is 0.374 e. The standard InChI is InChI=1S/C21H19BrCl2N2O/c1-21(2)9-16-18(17(27)10-21)19(12-7-6-11(23)8-14(12)24)26-20-13(22)4-3-5-15(20)25-16/h3-8,18-19,26H,9-10H2,1-2H3. The summed E-state index contributed by atoms with van der Waals surface area (Å²) in [5.74, 6) is -0.159. The van der Waals surface area contributed by atoms with Crippen LogP contribution < -0.4 is 5.32 Å². The maximum atomic E-state index is 13.2. The first kappa shape index (κ1) is 19.0. The van der Waals surface area contributed by atoms with Crippen LogP contribution in [-0.4, -0.2) is 11.5 Å². The molecule has 6 heteroatoms. The van der Waals surface area contributed by atoms with E-state index in [1.165, 1.54) is 0 Å². The first-order valence-electron chi connectivity index (χ1n) is 8.85. The second kappa shape index (κ2) is 6.91. The number of Topliss-reactive ketones (excluding diaryl/α,β-unsaturated/α-hetero) is 1. The first-order valence-corrected chi connectivity index (χ1v) is 10.4. The topological polar surface area (TPSA) is 41.5 Å². The fourth-order valence-corrected chi connectivity index (χ4v) is 5.07. The maximum absolute atomic E-state index is 13.2.